The molecule has 0 N–H and O–H groups in total. The second-order valence-corrected chi connectivity index (χ2v) is 7.11. The van der Waals surface area contributed by atoms with Crippen molar-refractivity contribution < 1.29 is 14.3 Å². The summed E-state index contributed by atoms with van der Waals surface area (Å²) >= 11 is 0. The van der Waals surface area contributed by atoms with Crippen molar-refractivity contribution in [2.45, 2.75) is 90.3 Å². The molecule has 3 heteroatoms. The van der Waals surface area contributed by atoms with Crippen LogP contribution in [0.2, 0.25) is 0 Å². The van der Waals surface area contributed by atoms with Crippen LogP contribution in [0.15, 0.2) is 0 Å². The normalized spacial score (nSPS) is 21.9. The molecule has 21 heavy (non-hydrogen) atoms. The van der Waals surface area contributed by atoms with Gasteiger partial charge in [-0.1, -0.05) is 38.5 Å². The van der Waals surface area contributed by atoms with Crippen molar-refractivity contribution in [2.24, 2.45) is 11.8 Å². The Morgan fingerprint density at radius 2 is 1.38 bits per heavy atom. The predicted octanol–water partition coefficient (Wildman–Crippen LogP) is 4.48. The van der Waals surface area contributed by atoms with E-state index in [9.17, 15) is 4.79 Å². The molecule has 2 fully saturated rings. The SMILES string of the molecule is CC(C)OCC(=O)OC(C1CCCCC1)C1CCCCC1. The lowest BCUT2D eigenvalue weighted by atomic mass is 9.75. The summed E-state index contributed by atoms with van der Waals surface area (Å²) in [5.41, 5.74) is 0. The highest BCUT2D eigenvalue weighted by Gasteiger charge is 2.34. The summed E-state index contributed by atoms with van der Waals surface area (Å²) in [6.45, 7) is 4.01. The summed E-state index contributed by atoms with van der Waals surface area (Å²) in [5.74, 6) is 1.01. The van der Waals surface area contributed by atoms with Gasteiger partial charge in [0.15, 0.2) is 0 Å². The molecular formula is C18H32O3. The maximum atomic E-state index is 12.1. The maximum Gasteiger partial charge on any atom is 0.332 e. The van der Waals surface area contributed by atoms with Gasteiger partial charge in [0.2, 0.25) is 0 Å². The van der Waals surface area contributed by atoms with E-state index in [0.717, 1.165) is 0 Å². The molecule has 2 rings (SSSR count). The van der Waals surface area contributed by atoms with Gasteiger partial charge in [-0.25, -0.2) is 4.79 Å². The smallest absolute Gasteiger partial charge is 0.332 e. The molecule has 0 saturated heterocycles. The van der Waals surface area contributed by atoms with Crippen LogP contribution in [0.5, 0.6) is 0 Å². The zero-order chi connectivity index (χ0) is 15.1. The fraction of sp³-hybridized carbons (Fsp3) is 0.944. The molecule has 2 aliphatic rings. The number of carbonyl (C=O) groups excluding carboxylic acids is 1. The summed E-state index contributed by atoms with van der Waals surface area (Å²) in [7, 11) is 0. The lowest BCUT2D eigenvalue weighted by Gasteiger charge is -2.37. The molecule has 0 radical (unpaired) electrons. The van der Waals surface area contributed by atoms with Crippen molar-refractivity contribution in [3.8, 4) is 0 Å². The van der Waals surface area contributed by atoms with Crippen LogP contribution in [-0.2, 0) is 14.3 Å². The van der Waals surface area contributed by atoms with Crippen molar-refractivity contribution in [1.82, 2.24) is 0 Å². The summed E-state index contributed by atoms with van der Waals surface area (Å²) in [4.78, 5) is 12.1. The molecule has 2 saturated carbocycles. The van der Waals surface area contributed by atoms with Gasteiger partial charge in [0.1, 0.15) is 12.7 Å². The zero-order valence-corrected chi connectivity index (χ0v) is 13.8. The van der Waals surface area contributed by atoms with E-state index < -0.39 is 0 Å². The van der Waals surface area contributed by atoms with Crippen LogP contribution >= 0.6 is 0 Å². The van der Waals surface area contributed by atoms with Crippen molar-refractivity contribution in [1.29, 1.82) is 0 Å². The molecule has 0 atom stereocenters. The molecular weight excluding hydrogens is 264 g/mol. The Morgan fingerprint density at radius 3 is 1.81 bits per heavy atom. The molecule has 0 spiro atoms. The van der Waals surface area contributed by atoms with E-state index in [-0.39, 0.29) is 24.8 Å². The first-order chi connectivity index (χ1) is 10.2. The number of carbonyl (C=O) groups is 1. The van der Waals surface area contributed by atoms with Crippen LogP contribution in [0, 0.1) is 11.8 Å². The average Bonchev–Trinajstić information content (AvgIpc) is 2.52. The highest BCUT2D eigenvalue weighted by molar-refractivity contribution is 5.71. The Kier molecular flexibility index (Phi) is 7.01. The lowest BCUT2D eigenvalue weighted by molar-refractivity contribution is -0.164. The van der Waals surface area contributed by atoms with E-state index in [0.29, 0.717) is 11.8 Å². The Balaban J connectivity index is 1.91. The highest BCUT2D eigenvalue weighted by atomic mass is 16.6. The first-order valence-corrected chi connectivity index (χ1v) is 8.98. The van der Waals surface area contributed by atoms with Crippen LogP contribution in [0.4, 0.5) is 0 Å². The predicted molar refractivity (Wildman–Crippen MR) is 84.1 cm³/mol. The Hall–Kier alpha value is -0.570. The van der Waals surface area contributed by atoms with Crippen molar-refractivity contribution >= 4 is 5.97 Å². The van der Waals surface area contributed by atoms with Crippen LogP contribution in [0.3, 0.4) is 0 Å². The van der Waals surface area contributed by atoms with Gasteiger partial charge in [-0.15, -0.1) is 0 Å². The van der Waals surface area contributed by atoms with Crippen molar-refractivity contribution in [2.75, 3.05) is 6.61 Å². The molecule has 0 aromatic heterocycles. The number of esters is 1. The Bertz CT molecular complexity index is 284. The van der Waals surface area contributed by atoms with Gasteiger partial charge < -0.3 is 9.47 Å². The molecule has 0 unspecified atom stereocenters. The fourth-order valence-electron chi connectivity index (χ4n) is 3.92. The van der Waals surface area contributed by atoms with Crippen LogP contribution in [0.1, 0.15) is 78.1 Å². The van der Waals surface area contributed by atoms with Gasteiger partial charge in [0.25, 0.3) is 0 Å². The van der Waals surface area contributed by atoms with E-state index in [2.05, 4.69) is 0 Å². The van der Waals surface area contributed by atoms with Crippen LogP contribution in [0.25, 0.3) is 0 Å². The molecule has 0 amide bonds. The molecule has 0 aliphatic heterocycles. The minimum atomic E-state index is -0.162. The van der Waals surface area contributed by atoms with Gasteiger partial charge >= 0.3 is 5.97 Å². The van der Waals surface area contributed by atoms with E-state index in [1.165, 1.54) is 64.2 Å². The molecule has 0 aromatic carbocycles. The van der Waals surface area contributed by atoms with E-state index in [1.54, 1.807) is 0 Å². The highest BCUT2D eigenvalue weighted by Crippen LogP contribution is 2.37. The maximum absolute atomic E-state index is 12.1. The van der Waals surface area contributed by atoms with Crippen molar-refractivity contribution in [3.05, 3.63) is 0 Å². The Labute approximate surface area is 129 Å². The van der Waals surface area contributed by atoms with Gasteiger partial charge in [-0.2, -0.15) is 0 Å². The quantitative estimate of drug-likeness (QED) is 0.678. The minimum absolute atomic E-state index is 0.0837. The van der Waals surface area contributed by atoms with Crippen LogP contribution < -0.4 is 0 Å². The number of ether oxygens (including phenoxy) is 2. The van der Waals surface area contributed by atoms with Gasteiger partial charge in [0, 0.05) is 0 Å². The molecule has 3 nitrogen and oxygen atoms in total. The fourth-order valence-corrected chi connectivity index (χ4v) is 3.92. The largest absolute Gasteiger partial charge is 0.460 e. The number of rotatable bonds is 6. The molecule has 0 bridgehead atoms. The zero-order valence-electron chi connectivity index (χ0n) is 13.8. The third-order valence-corrected chi connectivity index (χ3v) is 5.03. The molecule has 0 heterocycles. The first-order valence-electron chi connectivity index (χ1n) is 8.98. The van der Waals surface area contributed by atoms with Crippen molar-refractivity contribution in [3.63, 3.8) is 0 Å². The second-order valence-electron chi connectivity index (χ2n) is 7.11. The topological polar surface area (TPSA) is 35.5 Å². The molecule has 0 aromatic rings. The van der Waals surface area contributed by atoms with Crippen LogP contribution in [-0.4, -0.2) is 24.8 Å². The van der Waals surface area contributed by atoms with Gasteiger partial charge in [0.05, 0.1) is 6.10 Å². The van der Waals surface area contributed by atoms with Gasteiger partial charge in [-0.3, -0.25) is 0 Å². The lowest BCUT2D eigenvalue weighted by Crippen LogP contribution is -2.37. The standard InChI is InChI=1S/C18H32O3/c1-14(2)20-13-17(19)21-18(15-9-5-3-6-10-15)16-11-7-4-8-12-16/h14-16,18H,3-13H2,1-2H3. The molecule has 122 valence electrons. The first kappa shape index (κ1) is 16.8. The second kappa shape index (κ2) is 8.77. The average molecular weight is 296 g/mol. The van der Waals surface area contributed by atoms with E-state index in [1.807, 2.05) is 13.8 Å². The molecule has 2 aliphatic carbocycles. The Morgan fingerprint density at radius 1 is 0.905 bits per heavy atom. The number of hydrogen-bond acceptors (Lipinski definition) is 3. The monoisotopic (exact) mass is 296 g/mol. The minimum Gasteiger partial charge on any atom is -0.460 e. The van der Waals surface area contributed by atoms with E-state index >= 15 is 0 Å². The summed E-state index contributed by atoms with van der Waals surface area (Å²) in [6, 6.07) is 0. The third kappa shape index (κ3) is 5.61. The summed E-state index contributed by atoms with van der Waals surface area (Å²) < 4.78 is 11.3. The summed E-state index contributed by atoms with van der Waals surface area (Å²) in [6.07, 6.45) is 13.1. The summed E-state index contributed by atoms with van der Waals surface area (Å²) in [5, 5.41) is 0. The third-order valence-electron chi connectivity index (χ3n) is 5.03. The van der Waals surface area contributed by atoms with E-state index in [4.69, 9.17) is 9.47 Å². The van der Waals surface area contributed by atoms with Gasteiger partial charge in [-0.05, 0) is 51.4 Å². The number of hydrogen-bond donors (Lipinski definition) is 0.